The number of rotatable bonds is 6. The summed E-state index contributed by atoms with van der Waals surface area (Å²) >= 11 is 0. The van der Waals surface area contributed by atoms with Crippen LogP contribution in [-0.2, 0) is 17.5 Å². The fourth-order valence-corrected chi connectivity index (χ4v) is 5.33. The number of halogens is 6. The van der Waals surface area contributed by atoms with E-state index in [1.807, 2.05) is 0 Å². The van der Waals surface area contributed by atoms with Crippen molar-refractivity contribution in [2.75, 3.05) is 13.1 Å². The molecule has 1 aliphatic heterocycles. The first kappa shape index (κ1) is 26.5. The molecule has 11 heteroatoms. The van der Waals surface area contributed by atoms with Crippen LogP contribution in [0, 0.1) is 11.8 Å². The highest BCUT2D eigenvalue weighted by Crippen LogP contribution is 2.43. The highest BCUT2D eigenvalue weighted by Gasteiger charge is 2.43. The summed E-state index contributed by atoms with van der Waals surface area (Å²) in [7, 11) is 0. The van der Waals surface area contributed by atoms with Gasteiger partial charge in [0.25, 0.3) is 0 Å². The Morgan fingerprint density at radius 3 is 2.39 bits per heavy atom. The number of carbonyl (C=O) groups is 1. The number of piperidine rings is 1. The monoisotopic (exact) mass is 518 g/mol. The fraction of sp³-hybridized carbons (Fsp3) is 0.600. The molecule has 36 heavy (non-hydrogen) atoms. The van der Waals surface area contributed by atoms with Crippen molar-refractivity contribution in [1.29, 1.82) is 0 Å². The summed E-state index contributed by atoms with van der Waals surface area (Å²) in [6.45, 7) is 1.74. The third-order valence-electron chi connectivity index (χ3n) is 7.06. The van der Waals surface area contributed by atoms with Gasteiger partial charge in [-0.15, -0.1) is 0 Å². The van der Waals surface area contributed by atoms with E-state index in [0.29, 0.717) is 18.8 Å². The second-order valence-electron chi connectivity index (χ2n) is 9.78. The van der Waals surface area contributed by atoms with Crippen LogP contribution in [0.3, 0.4) is 0 Å². The molecule has 0 amide bonds. The molecule has 1 unspecified atom stereocenters. The Morgan fingerprint density at radius 1 is 1.03 bits per heavy atom. The van der Waals surface area contributed by atoms with Crippen molar-refractivity contribution in [3.8, 4) is 5.75 Å². The molecule has 1 saturated carbocycles. The van der Waals surface area contributed by atoms with Crippen molar-refractivity contribution in [3.05, 3.63) is 35.5 Å². The molecule has 1 aromatic heterocycles. The molecule has 198 valence electrons. The Hall–Kier alpha value is -2.56. The van der Waals surface area contributed by atoms with Crippen molar-refractivity contribution >= 4 is 16.9 Å². The van der Waals surface area contributed by atoms with E-state index in [4.69, 9.17) is 9.84 Å². The molecule has 5 nitrogen and oxygen atoms in total. The Kier molecular flexibility index (Phi) is 7.68. The number of fused-ring (bicyclic) bond motifs is 1. The van der Waals surface area contributed by atoms with Gasteiger partial charge in [-0.3, -0.25) is 14.7 Å². The van der Waals surface area contributed by atoms with Gasteiger partial charge in [0.15, 0.2) is 0 Å². The van der Waals surface area contributed by atoms with Gasteiger partial charge in [-0.1, -0.05) is 6.07 Å². The predicted molar refractivity (Wildman–Crippen MR) is 119 cm³/mol. The minimum Gasteiger partial charge on any atom is -0.490 e. The molecule has 2 aromatic rings. The lowest BCUT2D eigenvalue weighted by atomic mass is 9.87. The van der Waals surface area contributed by atoms with Gasteiger partial charge in [0, 0.05) is 24.9 Å². The quantitative estimate of drug-likeness (QED) is 0.446. The first-order valence-electron chi connectivity index (χ1n) is 12.1. The number of ether oxygens (including phenoxy) is 1. The van der Waals surface area contributed by atoms with Crippen molar-refractivity contribution in [1.82, 2.24) is 9.88 Å². The number of alkyl halides is 6. The maximum absolute atomic E-state index is 14.1. The lowest BCUT2D eigenvalue weighted by Gasteiger charge is -2.32. The second-order valence-corrected chi connectivity index (χ2v) is 9.78. The van der Waals surface area contributed by atoms with Gasteiger partial charge >= 0.3 is 18.3 Å². The Morgan fingerprint density at radius 2 is 1.75 bits per heavy atom. The van der Waals surface area contributed by atoms with Gasteiger partial charge in [-0.25, -0.2) is 0 Å². The summed E-state index contributed by atoms with van der Waals surface area (Å²) in [5.41, 5.74) is -0.255. The van der Waals surface area contributed by atoms with Gasteiger partial charge in [0.1, 0.15) is 11.3 Å². The van der Waals surface area contributed by atoms with Gasteiger partial charge in [-0.2, -0.15) is 26.3 Å². The minimum atomic E-state index is -4.74. The fourth-order valence-electron chi connectivity index (χ4n) is 5.33. The van der Waals surface area contributed by atoms with E-state index in [0.717, 1.165) is 19.4 Å². The van der Waals surface area contributed by atoms with E-state index in [1.54, 1.807) is 0 Å². The average molecular weight is 518 g/mol. The van der Waals surface area contributed by atoms with E-state index in [2.05, 4.69) is 9.88 Å². The minimum absolute atomic E-state index is 0.0273. The van der Waals surface area contributed by atoms with Crippen LogP contribution >= 0.6 is 0 Å². The molecule has 0 radical (unpaired) electrons. The molecule has 2 aliphatic rings. The highest BCUT2D eigenvalue weighted by atomic mass is 19.4. The highest BCUT2D eigenvalue weighted by molar-refractivity contribution is 5.85. The van der Waals surface area contributed by atoms with E-state index in [9.17, 15) is 31.1 Å². The number of hydrogen-bond acceptors (Lipinski definition) is 4. The summed E-state index contributed by atoms with van der Waals surface area (Å²) in [6, 6.07) is 5.51. The number of pyridine rings is 1. The third-order valence-corrected chi connectivity index (χ3v) is 7.06. The summed E-state index contributed by atoms with van der Waals surface area (Å²) < 4.78 is 86.5. The maximum Gasteiger partial charge on any atom is 0.420 e. The molecule has 0 bridgehead atoms. The molecule has 0 spiro atoms. The van der Waals surface area contributed by atoms with E-state index < -0.39 is 41.7 Å². The van der Waals surface area contributed by atoms with Crippen LogP contribution in [0.15, 0.2) is 24.3 Å². The van der Waals surface area contributed by atoms with Gasteiger partial charge in [0.2, 0.25) is 0 Å². The van der Waals surface area contributed by atoms with E-state index in [-0.39, 0.29) is 48.9 Å². The summed E-state index contributed by atoms with van der Waals surface area (Å²) in [5, 5.41) is 8.91. The number of aromatic nitrogens is 1. The molecule has 1 N–H and O–H groups in total. The van der Waals surface area contributed by atoms with Crippen molar-refractivity contribution < 1.29 is 41.0 Å². The van der Waals surface area contributed by atoms with Crippen LogP contribution < -0.4 is 4.74 Å². The zero-order valence-electron chi connectivity index (χ0n) is 19.5. The van der Waals surface area contributed by atoms with Crippen LogP contribution in [-0.4, -0.2) is 46.3 Å². The Labute approximate surface area is 204 Å². The van der Waals surface area contributed by atoms with Gasteiger partial charge < -0.3 is 9.84 Å². The first-order chi connectivity index (χ1) is 16.9. The zero-order valence-corrected chi connectivity index (χ0v) is 19.5. The number of aliphatic carboxylic acids is 1. The molecule has 1 saturated heterocycles. The summed E-state index contributed by atoms with van der Waals surface area (Å²) in [5.74, 6) is -2.67. The summed E-state index contributed by atoms with van der Waals surface area (Å²) in [4.78, 5) is 17.5. The van der Waals surface area contributed by atoms with Crippen LogP contribution in [0.2, 0.25) is 0 Å². The zero-order chi connectivity index (χ0) is 26.1. The molecule has 4 rings (SSSR count). The second kappa shape index (κ2) is 10.4. The van der Waals surface area contributed by atoms with Crippen molar-refractivity contribution in [3.63, 3.8) is 0 Å². The van der Waals surface area contributed by atoms with Crippen LogP contribution in [0.25, 0.3) is 10.9 Å². The molecule has 2 fully saturated rings. The third kappa shape index (κ3) is 6.41. The van der Waals surface area contributed by atoms with Gasteiger partial charge in [-0.05, 0) is 69.2 Å². The van der Waals surface area contributed by atoms with Gasteiger partial charge in [0.05, 0.1) is 23.2 Å². The lowest BCUT2D eigenvalue weighted by Crippen LogP contribution is -2.36. The molecule has 1 aromatic carbocycles. The Bertz CT molecular complexity index is 1080. The number of hydrogen-bond donors (Lipinski definition) is 1. The smallest absolute Gasteiger partial charge is 0.420 e. The number of carboxylic acids is 1. The molecular formula is C25H28F6N2O3. The largest absolute Gasteiger partial charge is 0.490 e. The topological polar surface area (TPSA) is 62.7 Å². The molecular weight excluding hydrogens is 490 g/mol. The molecule has 2 heterocycles. The SMILES string of the molecule is O=C(O)CC1CCCN(Cc2ccc3c(C(F)(F)F)c(OC4CCC(C(F)(F)F)CC4)ccc3n2)C1. The van der Waals surface area contributed by atoms with Crippen LogP contribution in [0.4, 0.5) is 26.3 Å². The van der Waals surface area contributed by atoms with Crippen molar-refractivity contribution in [2.45, 2.75) is 69.9 Å². The first-order valence-corrected chi connectivity index (χ1v) is 12.1. The van der Waals surface area contributed by atoms with E-state index >= 15 is 0 Å². The Balaban J connectivity index is 1.51. The van der Waals surface area contributed by atoms with E-state index in [1.165, 1.54) is 24.3 Å². The molecule has 1 atom stereocenters. The van der Waals surface area contributed by atoms with Crippen LogP contribution in [0.5, 0.6) is 5.75 Å². The van der Waals surface area contributed by atoms with Crippen LogP contribution in [0.1, 0.15) is 56.2 Å². The van der Waals surface area contributed by atoms with Crippen molar-refractivity contribution in [2.24, 2.45) is 11.8 Å². The average Bonchev–Trinajstić information content (AvgIpc) is 2.78. The maximum atomic E-state index is 14.1. The lowest BCUT2D eigenvalue weighted by molar-refractivity contribution is -0.185. The summed E-state index contributed by atoms with van der Waals surface area (Å²) in [6.07, 6.45) is -8.28. The number of carboxylic acid groups (broad SMARTS) is 1. The standard InChI is InChI=1S/C25H28F6N2O3/c26-24(27,28)16-3-6-18(7-4-16)36-21-10-9-20-19(23(21)25(29,30)31)8-5-17(32-20)14-33-11-1-2-15(13-33)12-22(34)35/h5,8-10,15-16,18H,1-4,6-7,11-14H2,(H,34,35). The molecule has 1 aliphatic carbocycles. The number of nitrogens with zero attached hydrogens (tertiary/aromatic N) is 2. The predicted octanol–water partition coefficient (Wildman–Crippen LogP) is 6.44. The number of likely N-dealkylation sites (tertiary alicyclic amines) is 1. The number of benzene rings is 1. The normalized spacial score (nSPS) is 24.1.